The molecule has 1 N–H and O–H groups in total. The van der Waals surface area contributed by atoms with Crippen molar-refractivity contribution in [2.75, 3.05) is 13.1 Å². The molecule has 2 heterocycles. The summed E-state index contributed by atoms with van der Waals surface area (Å²) in [6.45, 7) is 8.53. The van der Waals surface area contributed by atoms with Gasteiger partial charge in [0.1, 0.15) is 0 Å². The number of carbonyl (C=O) groups is 1. The molecule has 3 heteroatoms. The second-order valence-electron chi connectivity index (χ2n) is 6.09. The Hall–Kier alpha value is -0.570. The van der Waals surface area contributed by atoms with Gasteiger partial charge in [0.25, 0.3) is 0 Å². The molecule has 4 unspecified atom stereocenters. The van der Waals surface area contributed by atoms with Gasteiger partial charge in [-0.25, -0.2) is 0 Å². The maximum Gasteiger partial charge on any atom is 0.227 e. The minimum Gasteiger partial charge on any atom is -0.340 e. The topological polar surface area (TPSA) is 32.3 Å². The minimum atomic E-state index is 0.224. The molecule has 2 fully saturated rings. The molecule has 3 nitrogen and oxygen atoms in total. The van der Waals surface area contributed by atoms with Crippen LogP contribution < -0.4 is 5.32 Å². The summed E-state index contributed by atoms with van der Waals surface area (Å²) in [4.78, 5) is 14.6. The van der Waals surface area contributed by atoms with Gasteiger partial charge in [-0.15, -0.1) is 0 Å². The highest BCUT2D eigenvalue weighted by Gasteiger charge is 2.32. The molecule has 0 radical (unpaired) electrons. The van der Waals surface area contributed by atoms with Gasteiger partial charge in [-0.3, -0.25) is 4.79 Å². The molecular weight excluding hydrogens is 212 g/mol. The average Bonchev–Trinajstić information content (AvgIpc) is 2.29. The van der Waals surface area contributed by atoms with E-state index in [-0.39, 0.29) is 5.92 Å². The second-order valence-corrected chi connectivity index (χ2v) is 6.09. The number of nitrogens with one attached hydrogen (secondary N) is 1. The van der Waals surface area contributed by atoms with Crippen LogP contribution in [-0.2, 0) is 4.79 Å². The molecule has 2 rings (SSSR count). The highest BCUT2D eigenvalue weighted by atomic mass is 16.2. The van der Waals surface area contributed by atoms with Gasteiger partial charge in [-0.1, -0.05) is 6.92 Å². The summed E-state index contributed by atoms with van der Waals surface area (Å²) in [7, 11) is 0. The number of likely N-dealkylation sites (tertiary alicyclic amines) is 1. The molecule has 2 aliphatic rings. The van der Waals surface area contributed by atoms with Crippen molar-refractivity contribution in [3.8, 4) is 0 Å². The van der Waals surface area contributed by atoms with Crippen LogP contribution in [0.3, 0.4) is 0 Å². The first-order valence-electron chi connectivity index (χ1n) is 7.11. The molecule has 0 aromatic carbocycles. The SMILES string of the molecule is CC1CCN(C(=O)C2CCC(C)NC2)C(C)C1. The van der Waals surface area contributed by atoms with Crippen molar-refractivity contribution in [2.45, 2.75) is 58.5 Å². The lowest BCUT2D eigenvalue weighted by molar-refractivity contribution is -0.140. The van der Waals surface area contributed by atoms with Crippen molar-refractivity contribution in [3.05, 3.63) is 0 Å². The summed E-state index contributed by atoms with van der Waals surface area (Å²) >= 11 is 0. The van der Waals surface area contributed by atoms with E-state index in [4.69, 9.17) is 0 Å². The molecule has 2 aliphatic heterocycles. The smallest absolute Gasteiger partial charge is 0.227 e. The standard InChI is InChI=1S/C14H26N2O/c1-10-6-7-16(12(3)8-10)14(17)13-5-4-11(2)15-9-13/h10-13,15H,4-9H2,1-3H3. The third-order valence-corrected chi connectivity index (χ3v) is 4.43. The number of rotatable bonds is 1. The minimum absolute atomic E-state index is 0.224. The van der Waals surface area contributed by atoms with E-state index in [0.717, 1.165) is 31.8 Å². The summed E-state index contributed by atoms with van der Waals surface area (Å²) in [5.41, 5.74) is 0. The number of piperidine rings is 2. The largest absolute Gasteiger partial charge is 0.340 e. The lowest BCUT2D eigenvalue weighted by Crippen LogP contribution is -2.50. The second kappa shape index (κ2) is 5.38. The Balaban J connectivity index is 1.91. The number of nitrogens with zero attached hydrogens (tertiary/aromatic N) is 1. The van der Waals surface area contributed by atoms with Gasteiger partial charge in [0.2, 0.25) is 5.91 Å². The van der Waals surface area contributed by atoms with Crippen molar-refractivity contribution in [2.24, 2.45) is 11.8 Å². The average molecular weight is 238 g/mol. The van der Waals surface area contributed by atoms with Crippen molar-refractivity contribution >= 4 is 5.91 Å². The van der Waals surface area contributed by atoms with Crippen LogP contribution >= 0.6 is 0 Å². The Bertz CT molecular complexity index is 271. The van der Waals surface area contributed by atoms with Crippen molar-refractivity contribution in [3.63, 3.8) is 0 Å². The van der Waals surface area contributed by atoms with Crippen LogP contribution in [0.15, 0.2) is 0 Å². The zero-order chi connectivity index (χ0) is 12.4. The van der Waals surface area contributed by atoms with E-state index in [1.165, 1.54) is 12.8 Å². The fourth-order valence-electron chi connectivity index (χ4n) is 3.18. The summed E-state index contributed by atoms with van der Waals surface area (Å²) < 4.78 is 0. The molecule has 0 aromatic rings. The Morgan fingerprint density at radius 2 is 1.94 bits per heavy atom. The molecule has 2 saturated heterocycles. The number of carbonyl (C=O) groups excluding carboxylic acids is 1. The van der Waals surface area contributed by atoms with Crippen LogP contribution in [0.25, 0.3) is 0 Å². The van der Waals surface area contributed by atoms with Crippen molar-refractivity contribution in [1.29, 1.82) is 0 Å². The van der Waals surface area contributed by atoms with Gasteiger partial charge in [0, 0.05) is 25.2 Å². The van der Waals surface area contributed by atoms with Crippen LogP contribution in [0, 0.1) is 11.8 Å². The third-order valence-electron chi connectivity index (χ3n) is 4.43. The maximum absolute atomic E-state index is 12.5. The molecular formula is C14H26N2O. The van der Waals surface area contributed by atoms with Gasteiger partial charge in [-0.05, 0) is 45.4 Å². The van der Waals surface area contributed by atoms with E-state index >= 15 is 0 Å². The molecule has 0 aromatic heterocycles. The van der Waals surface area contributed by atoms with Gasteiger partial charge in [0.05, 0.1) is 5.92 Å². The first kappa shape index (κ1) is 12.9. The molecule has 4 atom stereocenters. The zero-order valence-electron chi connectivity index (χ0n) is 11.4. The maximum atomic E-state index is 12.5. The van der Waals surface area contributed by atoms with E-state index in [9.17, 15) is 4.79 Å². The highest BCUT2D eigenvalue weighted by Crippen LogP contribution is 2.25. The Morgan fingerprint density at radius 3 is 2.53 bits per heavy atom. The quantitative estimate of drug-likeness (QED) is 0.758. The van der Waals surface area contributed by atoms with Crippen LogP contribution in [0.5, 0.6) is 0 Å². The summed E-state index contributed by atoms with van der Waals surface area (Å²) in [6, 6.07) is 1.02. The molecule has 1 amide bonds. The summed E-state index contributed by atoms with van der Waals surface area (Å²) in [6.07, 6.45) is 4.54. The Labute approximate surface area is 105 Å². The predicted octanol–water partition coefficient (Wildman–Crippen LogP) is 2.02. The van der Waals surface area contributed by atoms with E-state index in [0.29, 0.717) is 18.0 Å². The summed E-state index contributed by atoms with van der Waals surface area (Å²) in [5.74, 6) is 1.39. The van der Waals surface area contributed by atoms with Crippen LogP contribution in [0.2, 0.25) is 0 Å². The van der Waals surface area contributed by atoms with E-state index in [1.807, 2.05) is 0 Å². The molecule has 0 aliphatic carbocycles. The van der Waals surface area contributed by atoms with E-state index < -0.39 is 0 Å². The van der Waals surface area contributed by atoms with Gasteiger partial charge < -0.3 is 10.2 Å². The summed E-state index contributed by atoms with van der Waals surface area (Å²) in [5, 5.41) is 3.43. The van der Waals surface area contributed by atoms with Gasteiger partial charge >= 0.3 is 0 Å². The normalized spacial score (nSPS) is 39.1. The predicted molar refractivity (Wildman–Crippen MR) is 69.8 cm³/mol. The fourth-order valence-corrected chi connectivity index (χ4v) is 3.18. The fraction of sp³-hybridized carbons (Fsp3) is 0.929. The number of amides is 1. The van der Waals surface area contributed by atoms with E-state index in [2.05, 4.69) is 31.0 Å². The number of hydrogen-bond acceptors (Lipinski definition) is 2. The molecule has 0 bridgehead atoms. The highest BCUT2D eigenvalue weighted by molar-refractivity contribution is 5.79. The van der Waals surface area contributed by atoms with E-state index in [1.54, 1.807) is 0 Å². The van der Waals surface area contributed by atoms with Crippen LogP contribution in [0.1, 0.15) is 46.5 Å². The molecule has 0 spiro atoms. The van der Waals surface area contributed by atoms with Crippen LogP contribution in [0.4, 0.5) is 0 Å². The third kappa shape index (κ3) is 3.01. The van der Waals surface area contributed by atoms with Gasteiger partial charge in [0.15, 0.2) is 0 Å². The van der Waals surface area contributed by atoms with Gasteiger partial charge in [-0.2, -0.15) is 0 Å². The lowest BCUT2D eigenvalue weighted by atomic mass is 9.89. The monoisotopic (exact) mass is 238 g/mol. The van der Waals surface area contributed by atoms with Crippen molar-refractivity contribution < 1.29 is 4.79 Å². The first-order chi connectivity index (χ1) is 8.08. The molecule has 17 heavy (non-hydrogen) atoms. The zero-order valence-corrected chi connectivity index (χ0v) is 11.4. The Morgan fingerprint density at radius 1 is 1.18 bits per heavy atom. The number of hydrogen-bond donors (Lipinski definition) is 1. The van der Waals surface area contributed by atoms with Crippen molar-refractivity contribution in [1.82, 2.24) is 10.2 Å². The van der Waals surface area contributed by atoms with Crippen LogP contribution in [-0.4, -0.2) is 36.0 Å². The first-order valence-corrected chi connectivity index (χ1v) is 7.11. The Kier molecular flexibility index (Phi) is 4.08. The lowest BCUT2D eigenvalue weighted by Gasteiger charge is -2.39. The molecule has 0 saturated carbocycles. The molecule has 98 valence electrons.